The van der Waals surface area contributed by atoms with Crippen LogP contribution in [-0.4, -0.2) is 76.4 Å². The zero-order valence-electron chi connectivity index (χ0n) is 24.6. The Morgan fingerprint density at radius 1 is 1.09 bits per heavy atom. The summed E-state index contributed by atoms with van der Waals surface area (Å²) in [6.07, 6.45) is 13.4. The van der Waals surface area contributed by atoms with E-state index < -0.39 is 5.82 Å². The fourth-order valence-corrected chi connectivity index (χ4v) is 8.05. The molecule has 3 aliphatic heterocycles. The normalized spacial score (nSPS) is 26.6. The molecule has 2 aliphatic carbocycles. The van der Waals surface area contributed by atoms with E-state index in [0.29, 0.717) is 51.8 Å². The van der Waals surface area contributed by atoms with E-state index in [1.807, 2.05) is 18.2 Å². The molecule has 2 saturated carbocycles. The van der Waals surface area contributed by atoms with Crippen molar-refractivity contribution in [2.45, 2.75) is 44.2 Å². The van der Waals surface area contributed by atoms with Crippen molar-refractivity contribution in [1.29, 1.82) is 0 Å². The van der Waals surface area contributed by atoms with Gasteiger partial charge < -0.3 is 25.0 Å². The highest BCUT2D eigenvalue weighted by Crippen LogP contribution is 2.51. The number of piperazine rings is 1. The first-order valence-electron chi connectivity index (χ1n) is 15.9. The number of hydrogen-bond acceptors (Lipinski definition) is 8. The summed E-state index contributed by atoms with van der Waals surface area (Å²) < 4.78 is 23.1. The predicted molar refractivity (Wildman–Crippen MR) is 167 cm³/mol. The molecule has 5 heterocycles. The number of aromatic nitrogens is 3. The highest BCUT2D eigenvalue weighted by Gasteiger charge is 2.50. The summed E-state index contributed by atoms with van der Waals surface area (Å²) in [5.41, 5.74) is 1.41. The van der Waals surface area contributed by atoms with Crippen LogP contribution in [0.3, 0.4) is 0 Å². The van der Waals surface area contributed by atoms with Gasteiger partial charge in [-0.1, -0.05) is 18.1 Å². The second-order valence-electron chi connectivity index (χ2n) is 13.8. The smallest absolute Gasteiger partial charge is 0.319 e. The van der Waals surface area contributed by atoms with E-state index in [0.717, 1.165) is 57.2 Å². The summed E-state index contributed by atoms with van der Waals surface area (Å²) in [6, 6.07) is 9.59. The van der Waals surface area contributed by atoms with Gasteiger partial charge in [-0.05, 0) is 67.5 Å². The van der Waals surface area contributed by atoms with Gasteiger partial charge in [0.25, 0.3) is 0 Å². The molecular weight excluding hydrogens is 555 g/mol. The van der Waals surface area contributed by atoms with Crippen molar-refractivity contribution in [2.75, 3.05) is 44.2 Å². The number of hydrogen-bond donors (Lipinski definition) is 2. The number of aromatic hydroxyl groups is 1. The van der Waals surface area contributed by atoms with Gasteiger partial charge in [-0.15, -0.1) is 6.42 Å². The van der Waals surface area contributed by atoms with Crippen LogP contribution in [-0.2, 0) is 0 Å². The number of rotatable bonds is 7. The quantitative estimate of drug-likeness (QED) is 0.299. The molecule has 3 saturated heterocycles. The Balaban J connectivity index is 1.12. The van der Waals surface area contributed by atoms with Gasteiger partial charge in [0, 0.05) is 72.9 Å². The van der Waals surface area contributed by atoms with Crippen LogP contribution in [0.15, 0.2) is 36.5 Å². The van der Waals surface area contributed by atoms with E-state index in [-0.39, 0.29) is 28.4 Å². The molecule has 2 unspecified atom stereocenters. The minimum atomic E-state index is -0.578. The average molecular weight is 591 g/mol. The number of benzene rings is 2. The first-order chi connectivity index (χ1) is 21.4. The predicted octanol–water partition coefficient (Wildman–Crippen LogP) is 4.72. The molecule has 5 fully saturated rings. The Hall–Kier alpha value is -4.00. The molecule has 0 amide bonds. The Kier molecular flexibility index (Phi) is 5.85. The summed E-state index contributed by atoms with van der Waals surface area (Å²) in [6.45, 7) is 5.57. The van der Waals surface area contributed by atoms with Crippen LogP contribution in [0.2, 0.25) is 0 Å². The fraction of sp³-hybridized carbons (Fsp3) is 0.457. The molecule has 0 spiro atoms. The number of anilines is 1. The highest BCUT2D eigenvalue weighted by molar-refractivity contribution is 6.02. The lowest BCUT2D eigenvalue weighted by atomic mass is 9.96. The summed E-state index contributed by atoms with van der Waals surface area (Å²) in [5.74, 6) is 4.60. The minimum Gasteiger partial charge on any atom is -0.508 e. The monoisotopic (exact) mass is 590 g/mol. The minimum absolute atomic E-state index is 0.0108. The lowest BCUT2D eigenvalue weighted by Crippen LogP contribution is -2.51. The van der Waals surface area contributed by atoms with E-state index in [1.165, 1.54) is 25.6 Å². The van der Waals surface area contributed by atoms with Crippen molar-refractivity contribution in [3.05, 3.63) is 47.9 Å². The van der Waals surface area contributed by atoms with Crippen LogP contribution >= 0.6 is 0 Å². The van der Waals surface area contributed by atoms with Crippen molar-refractivity contribution < 1.29 is 14.2 Å². The number of terminal acetylenes is 1. The SMILES string of the molecule is C#Cc1cccc2cc(O)cc(-c3ncc4c(N5C[C@H]6CC[C@@H](C5)N6)nc(OCC5(CN6CC7CC7C6)CC5)nc4c3F)c12. The van der Waals surface area contributed by atoms with Crippen molar-refractivity contribution >= 4 is 27.5 Å². The summed E-state index contributed by atoms with van der Waals surface area (Å²) in [7, 11) is 0. The summed E-state index contributed by atoms with van der Waals surface area (Å²) in [5, 5.41) is 16.2. The molecular formula is C35H35FN6O2. The number of phenols is 1. The van der Waals surface area contributed by atoms with Crippen LogP contribution < -0.4 is 15.0 Å². The second kappa shape index (κ2) is 9.75. The van der Waals surface area contributed by atoms with E-state index in [9.17, 15) is 5.11 Å². The summed E-state index contributed by atoms with van der Waals surface area (Å²) in [4.78, 5) is 19.1. The molecule has 2 N–H and O–H groups in total. The van der Waals surface area contributed by atoms with E-state index >= 15 is 4.39 Å². The zero-order chi connectivity index (χ0) is 29.6. The van der Waals surface area contributed by atoms with Gasteiger partial charge in [-0.3, -0.25) is 4.98 Å². The number of halogens is 1. The maximum Gasteiger partial charge on any atom is 0.319 e. The van der Waals surface area contributed by atoms with Crippen molar-refractivity contribution in [3.8, 4) is 35.4 Å². The number of nitrogens with one attached hydrogen (secondary N) is 1. The summed E-state index contributed by atoms with van der Waals surface area (Å²) >= 11 is 0. The molecule has 9 heteroatoms. The van der Waals surface area contributed by atoms with Gasteiger partial charge >= 0.3 is 6.01 Å². The van der Waals surface area contributed by atoms with Crippen LogP contribution in [0.4, 0.5) is 10.2 Å². The lowest BCUT2D eigenvalue weighted by Gasteiger charge is -2.34. The third-order valence-electron chi connectivity index (χ3n) is 10.6. The highest BCUT2D eigenvalue weighted by atomic mass is 19.1. The molecule has 9 rings (SSSR count). The van der Waals surface area contributed by atoms with Gasteiger partial charge in [-0.2, -0.15) is 9.97 Å². The fourth-order valence-electron chi connectivity index (χ4n) is 8.05. The van der Waals surface area contributed by atoms with E-state index in [1.54, 1.807) is 12.3 Å². The Morgan fingerprint density at radius 3 is 2.64 bits per heavy atom. The molecule has 5 aliphatic rings. The van der Waals surface area contributed by atoms with Crippen LogP contribution in [0.5, 0.6) is 11.8 Å². The zero-order valence-corrected chi connectivity index (χ0v) is 24.6. The number of nitrogens with zero attached hydrogens (tertiary/aromatic N) is 5. The number of ether oxygens (including phenoxy) is 1. The number of fused-ring (bicyclic) bond motifs is 5. The molecule has 44 heavy (non-hydrogen) atoms. The van der Waals surface area contributed by atoms with Gasteiger partial charge in [0.2, 0.25) is 0 Å². The molecule has 2 aromatic carbocycles. The second-order valence-corrected chi connectivity index (χ2v) is 13.8. The Labute approximate surface area is 255 Å². The van der Waals surface area contributed by atoms with Gasteiger partial charge in [0.1, 0.15) is 22.8 Å². The van der Waals surface area contributed by atoms with Crippen LogP contribution in [0, 0.1) is 35.4 Å². The van der Waals surface area contributed by atoms with Gasteiger partial charge in [0.15, 0.2) is 5.82 Å². The van der Waals surface area contributed by atoms with Crippen molar-refractivity contribution in [2.24, 2.45) is 17.3 Å². The van der Waals surface area contributed by atoms with Crippen molar-refractivity contribution in [3.63, 3.8) is 0 Å². The number of phenolic OH excluding ortho intramolecular Hbond substituents is 1. The van der Waals surface area contributed by atoms with Crippen LogP contribution in [0.25, 0.3) is 32.9 Å². The average Bonchev–Trinajstić information content (AvgIpc) is 3.90. The molecule has 2 bridgehead atoms. The third kappa shape index (κ3) is 4.46. The molecule has 0 radical (unpaired) electrons. The first-order valence-corrected chi connectivity index (χ1v) is 15.9. The number of likely N-dealkylation sites (tertiary alicyclic amines) is 1. The number of pyridine rings is 1. The molecule has 224 valence electrons. The molecule has 2 aromatic heterocycles. The third-order valence-corrected chi connectivity index (χ3v) is 10.6. The maximum atomic E-state index is 16.8. The Bertz CT molecular complexity index is 1850. The maximum absolute atomic E-state index is 16.8. The molecule has 4 atom stereocenters. The lowest BCUT2D eigenvalue weighted by molar-refractivity contribution is 0.163. The topological polar surface area (TPSA) is 86.6 Å². The van der Waals surface area contributed by atoms with Gasteiger partial charge in [-0.25, -0.2) is 4.39 Å². The van der Waals surface area contributed by atoms with E-state index in [2.05, 4.69) is 31.0 Å². The molecule has 8 nitrogen and oxygen atoms in total. The standard InChI is InChI=1S/C35H35FN6O2/c1-2-20-4-3-5-21-11-26(43)12-27(29(20)21)31-30(36)32-28(13-37-31)33(42-16-24-6-7-25(17-42)38-24)40-34(39-32)44-19-35(8-9-35)18-41-14-22-10-23(22)15-41/h1,3-5,11-13,22-25,38,43H,6-10,14-19H2/t22?,23?,24-,25+. The first kappa shape index (κ1) is 26.4. The number of piperidine rings is 1. The van der Waals surface area contributed by atoms with E-state index in [4.69, 9.17) is 16.1 Å². The van der Waals surface area contributed by atoms with Crippen molar-refractivity contribution in [1.82, 2.24) is 25.2 Å². The van der Waals surface area contributed by atoms with Crippen LogP contribution in [0.1, 0.15) is 37.7 Å². The van der Waals surface area contributed by atoms with Gasteiger partial charge in [0.05, 0.1) is 12.0 Å². The molecule has 4 aromatic rings. The largest absolute Gasteiger partial charge is 0.508 e. The Morgan fingerprint density at radius 2 is 1.89 bits per heavy atom.